The number of likely N-dealkylation sites (tertiary alicyclic amines) is 1. The number of hydrogen-bond donors (Lipinski definition) is 2. The lowest BCUT2D eigenvalue weighted by atomic mass is 9.68. The molecule has 6 nitrogen and oxygen atoms in total. The number of hydrogen-bond acceptors (Lipinski definition) is 4. The zero-order chi connectivity index (χ0) is 22.6. The van der Waals surface area contributed by atoms with Gasteiger partial charge >= 0.3 is 0 Å². The number of carbonyl (C=O) groups is 2. The number of halogens is 1. The SMILES string of the molecule is CCc1ccc(NC(=O)C2(C)CCC(C)(NCC(=O)N3C[C@@H](F)C[C@H]3C#N)CC2)cc1. The lowest BCUT2D eigenvalue weighted by Gasteiger charge is -2.43. The zero-order valence-electron chi connectivity index (χ0n) is 18.7. The fourth-order valence-corrected chi connectivity index (χ4v) is 4.44. The molecule has 2 fully saturated rings. The predicted molar refractivity (Wildman–Crippen MR) is 118 cm³/mol. The highest BCUT2D eigenvalue weighted by Crippen LogP contribution is 2.41. The number of alkyl halides is 1. The summed E-state index contributed by atoms with van der Waals surface area (Å²) in [7, 11) is 0. The van der Waals surface area contributed by atoms with Gasteiger partial charge < -0.3 is 15.5 Å². The van der Waals surface area contributed by atoms with E-state index in [2.05, 4.69) is 24.5 Å². The molecule has 7 heteroatoms. The van der Waals surface area contributed by atoms with Gasteiger partial charge in [0.1, 0.15) is 12.2 Å². The molecule has 0 bridgehead atoms. The van der Waals surface area contributed by atoms with Crippen molar-refractivity contribution in [3.8, 4) is 6.07 Å². The summed E-state index contributed by atoms with van der Waals surface area (Å²) in [4.78, 5) is 26.8. The van der Waals surface area contributed by atoms with Gasteiger partial charge in [-0.25, -0.2) is 4.39 Å². The highest BCUT2D eigenvalue weighted by molar-refractivity contribution is 5.95. The van der Waals surface area contributed by atoms with E-state index in [1.54, 1.807) is 0 Å². The van der Waals surface area contributed by atoms with Crippen LogP contribution in [0.15, 0.2) is 24.3 Å². The van der Waals surface area contributed by atoms with E-state index in [0.717, 1.165) is 24.9 Å². The summed E-state index contributed by atoms with van der Waals surface area (Å²) in [6, 6.07) is 9.27. The van der Waals surface area contributed by atoms with Crippen LogP contribution in [0.1, 0.15) is 58.4 Å². The van der Waals surface area contributed by atoms with E-state index in [-0.39, 0.29) is 36.9 Å². The number of nitrogens with one attached hydrogen (secondary N) is 2. The molecule has 0 aromatic heterocycles. The summed E-state index contributed by atoms with van der Waals surface area (Å²) in [6.07, 6.45) is 2.86. The Morgan fingerprint density at radius 2 is 1.84 bits per heavy atom. The molecule has 2 aliphatic rings. The highest BCUT2D eigenvalue weighted by atomic mass is 19.1. The average Bonchev–Trinajstić information content (AvgIpc) is 3.16. The molecule has 0 radical (unpaired) electrons. The van der Waals surface area contributed by atoms with E-state index in [1.807, 2.05) is 37.3 Å². The van der Waals surface area contributed by atoms with Crippen molar-refractivity contribution < 1.29 is 14.0 Å². The number of aryl methyl sites for hydroxylation is 1. The summed E-state index contributed by atoms with van der Waals surface area (Å²) >= 11 is 0. The van der Waals surface area contributed by atoms with Crippen molar-refractivity contribution in [3.63, 3.8) is 0 Å². The van der Waals surface area contributed by atoms with E-state index in [9.17, 15) is 14.0 Å². The molecular weight excluding hydrogens is 395 g/mol. The van der Waals surface area contributed by atoms with Gasteiger partial charge in [0.05, 0.1) is 19.2 Å². The second-order valence-electron chi connectivity index (χ2n) is 9.50. The van der Waals surface area contributed by atoms with E-state index in [4.69, 9.17) is 5.26 Å². The summed E-state index contributed by atoms with van der Waals surface area (Å²) in [5, 5.41) is 15.5. The van der Waals surface area contributed by atoms with E-state index >= 15 is 0 Å². The molecule has 1 aliphatic heterocycles. The van der Waals surface area contributed by atoms with E-state index in [0.29, 0.717) is 12.8 Å². The molecule has 1 aromatic rings. The molecule has 0 spiro atoms. The van der Waals surface area contributed by atoms with Crippen LogP contribution in [-0.4, -0.2) is 47.6 Å². The number of carbonyl (C=O) groups excluding carboxylic acids is 2. The molecule has 0 unspecified atom stereocenters. The summed E-state index contributed by atoms with van der Waals surface area (Å²) in [5.41, 5.74) is 1.31. The first-order valence-corrected chi connectivity index (χ1v) is 11.2. The van der Waals surface area contributed by atoms with Gasteiger partial charge in [0.25, 0.3) is 0 Å². The van der Waals surface area contributed by atoms with Crippen LogP contribution >= 0.6 is 0 Å². The molecule has 1 saturated heterocycles. The molecule has 168 valence electrons. The number of nitrogens with zero attached hydrogens (tertiary/aromatic N) is 2. The van der Waals surface area contributed by atoms with E-state index < -0.39 is 17.6 Å². The van der Waals surface area contributed by atoms with Crippen LogP contribution in [0.4, 0.5) is 10.1 Å². The Morgan fingerprint density at radius 3 is 2.42 bits per heavy atom. The van der Waals surface area contributed by atoms with Crippen LogP contribution in [0.25, 0.3) is 0 Å². The average molecular weight is 429 g/mol. The first kappa shape index (κ1) is 23.2. The maximum Gasteiger partial charge on any atom is 0.237 e. The Kier molecular flexibility index (Phi) is 7.00. The van der Waals surface area contributed by atoms with Crippen molar-refractivity contribution in [1.82, 2.24) is 10.2 Å². The first-order chi connectivity index (χ1) is 14.7. The lowest BCUT2D eigenvalue weighted by molar-refractivity contribution is -0.131. The Labute approximate surface area is 184 Å². The van der Waals surface area contributed by atoms with Crippen LogP contribution in [-0.2, 0) is 16.0 Å². The maximum absolute atomic E-state index is 13.6. The predicted octanol–water partition coefficient (Wildman–Crippen LogP) is 3.58. The Balaban J connectivity index is 1.51. The van der Waals surface area contributed by atoms with Crippen LogP contribution in [0.2, 0.25) is 0 Å². The minimum atomic E-state index is -1.13. The Morgan fingerprint density at radius 1 is 1.19 bits per heavy atom. The molecule has 2 atom stereocenters. The number of anilines is 1. The van der Waals surface area contributed by atoms with Gasteiger partial charge in [-0.05, 0) is 56.7 Å². The third kappa shape index (κ3) is 5.43. The van der Waals surface area contributed by atoms with Crippen LogP contribution in [0.5, 0.6) is 0 Å². The quantitative estimate of drug-likeness (QED) is 0.725. The molecule has 1 aromatic carbocycles. The largest absolute Gasteiger partial charge is 0.326 e. The third-order valence-electron chi connectivity index (χ3n) is 7.01. The van der Waals surface area contributed by atoms with Gasteiger partial charge in [0.15, 0.2) is 0 Å². The van der Waals surface area contributed by atoms with Gasteiger partial charge in [-0.15, -0.1) is 0 Å². The molecule has 31 heavy (non-hydrogen) atoms. The topological polar surface area (TPSA) is 85.2 Å². The minimum Gasteiger partial charge on any atom is -0.326 e. The van der Waals surface area contributed by atoms with Crippen LogP contribution in [0.3, 0.4) is 0 Å². The molecule has 1 heterocycles. The summed E-state index contributed by atoms with van der Waals surface area (Å²) in [5.74, 6) is -0.215. The van der Waals surface area contributed by atoms with Crippen molar-refractivity contribution in [2.75, 3.05) is 18.4 Å². The zero-order valence-corrected chi connectivity index (χ0v) is 18.7. The van der Waals surface area contributed by atoms with Gasteiger partial charge in [-0.3, -0.25) is 9.59 Å². The smallest absolute Gasteiger partial charge is 0.237 e. The molecule has 2 amide bonds. The van der Waals surface area contributed by atoms with Gasteiger partial charge in [0.2, 0.25) is 11.8 Å². The number of nitriles is 1. The molecular formula is C24H33FN4O2. The number of benzene rings is 1. The molecule has 1 saturated carbocycles. The van der Waals surface area contributed by atoms with Gasteiger partial charge in [-0.1, -0.05) is 26.0 Å². The maximum atomic E-state index is 13.6. The monoisotopic (exact) mass is 428 g/mol. The lowest BCUT2D eigenvalue weighted by Crippen LogP contribution is -2.53. The summed E-state index contributed by atoms with van der Waals surface area (Å²) in [6.45, 7) is 6.22. The number of amides is 2. The van der Waals surface area contributed by atoms with Crippen molar-refractivity contribution in [1.29, 1.82) is 5.26 Å². The van der Waals surface area contributed by atoms with Crippen molar-refractivity contribution in [2.24, 2.45) is 5.41 Å². The van der Waals surface area contributed by atoms with Gasteiger partial charge in [-0.2, -0.15) is 5.26 Å². The molecule has 3 rings (SSSR count). The molecule has 2 N–H and O–H groups in total. The van der Waals surface area contributed by atoms with Crippen molar-refractivity contribution in [3.05, 3.63) is 29.8 Å². The van der Waals surface area contributed by atoms with Crippen molar-refractivity contribution in [2.45, 2.75) is 77.0 Å². The fourth-order valence-electron chi connectivity index (χ4n) is 4.44. The second kappa shape index (κ2) is 9.35. The molecule has 1 aliphatic carbocycles. The Bertz CT molecular complexity index is 840. The fraction of sp³-hybridized carbons (Fsp3) is 0.625. The van der Waals surface area contributed by atoms with Crippen LogP contribution in [0, 0.1) is 16.7 Å². The number of rotatable bonds is 6. The first-order valence-electron chi connectivity index (χ1n) is 11.2. The van der Waals surface area contributed by atoms with Crippen molar-refractivity contribution >= 4 is 17.5 Å². The standard InChI is InChI=1S/C24H33FN4O2/c1-4-17-5-7-19(8-6-17)28-22(31)23(2)9-11-24(3,12-10-23)27-15-21(30)29-16-18(25)13-20(29)14-26/h5-8,18,20,27H,4,9-13,15-16H2,1-3H3,(H,28,31)/t18-,20-,23?,24?/m0/s1. The van der Waals surface area contributed by atoms with E-state index in [1.165, 1.54) is 10.5 Å². The highest BCUT2D eigenvalue weighted by Gasteiger charge is 2.42. The summed E-state index contributed by atoms with van der Waals surface area (Å²) < 4.78 is 13.6. The minimum absolute atomic E-state index is 0.00701. The normalized spacial score (nSPS) is 30.6. The second-order valence-corrected chi connectivity index (χ2v) is 9.50. The van der Waals surface area contributed by atoms with Gasteiger partial charge in [0, 0.05) is 23.1 Å². The Hall–Kier alpha value is -2.46. The van der Waals surface area contributed by atoms with Crippen LogP contribution < -0.4 is 10.6 Å². The third-order valence-corrected chi connectivity index (χ3v) is 7.01.